The van der Waals surface area contributed by atoms with Crippen molar-refractivity contribution in [3.63, 3.8) is 0 Å². The summed E-state index contributed by atoms with van der Waals surface area (Å²) in [5.41, 5.74) is -0.278. The van der Waals surface area contributed by atoms with Crippen molar-refractivity contribution in [2.75, 3.05) is 39.8 Å². The zero-order valence-corrected chi connectivity index (χ0v) is 11.2. The molecule has 2 unspecified atom stereocenters. The van der Waals surface area contributed by atoms with Crippen LogP contribution in [0.1, 0.15) is 26.7 Å². The molecule has 0 aromatic carbocycles. The quantitative estimate of drug-likeness (QED) is 0.496. The van der Waals surface area contributed by atoms with Crippen molar-refractivity contribution < 1.29 is 23.3 Å². The number of ether oxygens (including phenoxy) is 4. The van der Waals surface area contributed by atoms with Crippen LogP contribution in [-0.2, 0) is 18.9 Å². The standard InChI is InChI=1S/C13H23FO4/c1-3-12(5-15-6-12)7-16-10-17-8-13(4-2)9-18-11(13)14/h11H,3-10H2,1-2H3. The summed E-state index contributed by atoms with van der Waals surface area (Å²) in [5.74, 6) is 0. The molecule has 2 atom stereocenters. The molecule has 0 aromatic rings. The van der Waals surface area contributed by atoms with Crippen molar-refractivity contribution >= 4 is 0 Å². The number of alkyl halides is 1. The van der Waals surface area contributed by atoms with Crippen LogP contribution >= 0.6 is 0 Å². The molecule has 5 heteroatoms. The number of halogens is 1. The van der Waals surface area contributed by atoms with Gasteiger partial charge in [-0.15, -0.1) is 0 Å². The van der Waals surface area contributed by atoms with Crippen LogP contribution in [-0.4, -0.2) is 46.2 Å². The Kier molecular flexibility index (Phi) is 4.59. The van der Waals surface area contributed by atoms with Gasteiger partial charge < -0.3 is 18.9 Å². The van der Waals surface area contributed by atoms with E-state index < -0.39 is 11.8 Å². The summed E-state index contributed by atoms with van der Waals surface area (Å²) in [4.78, 5) is 0. The van der Waals surface area contributed by atoms with E-state index in [2.05, 4.69) is 6.92 Å². The summed E-state index contributed by atoms with van der Waals surface area (Å²) in [5, 5.41) is 0. The van der Waals surface area contributed by atoms with Crippen molar-refractivity contribution in [1.82, 2.24) is 0 Å². The Balaban J connectivity index is 1.58. The van der Waals surface area contributed by atoms with Crippen molar-refractivity contribution in [3.8, 4) is 0 Å². The summed E-state index contributed by atoms with van der Waals surface area (Å²) in [6, 6.07) is 0. The maximum absolute atomic E-state index is 13.3. The van der Waals surface area contributed by atoms with Crippen molar-refractivity contribution in [3.05, 3.63) is 0 Å². The highest BCUT2D eigenvalue weighted by atomic mass is 19.1. The van der Waals surface area contributed by atoms with Gasteiger partial charge in [-0.2, -0.15) is 0 Å². The summed E-state index contributed by atoms with van der Waals surface area (Å²) in [6.07, 6.45) is 0.581. The molecule has 0 spiro atoms. The molecule has 2 aliphatic rings. The lowest BCUT2D eigenvalue weighted by Crippen LogP contribution is -2.52. The summed E-state index contributed by atoms with van der Waals surface area (Å²) in [6.45, 7) is 7.30. The fraction of sp³-hybridized carbons (Fsp3) is 1.00. The van der Waals surface area contributed by atoms with E-state index in [1.54, 1.807) is 0 Å². The van der Waals surface area contributed by atoms with Crippen LogP contribution in [0.4, 0.5) is 4.39 Å². The van der Waals surface area contributed by atoms with Gasteiger partial charge >= 0.3 is 0 Å². The highest BCUT2D eigenvalue weighted by Crippen LogP contribution is 2.39. The summed E-state index contributed by atoms with van der Waals surface area (Å²) in [7, 11) is 0. The van der Waals surface area contributed by atoms with Crippen LogP contribution in [0.15, 0.2) is 0 Å². The van der Waals surface area contributed by atoms with Crippen molar-refractivity contribution in [1.29, 1.82) is 0 Å². The normalized spacial score (nSPS) is 33.8. The summed E-state index contributed by atoms with van der Waals surface area (Å²) < 4.78 is 34.2. The first-order chi connectivity index (χ1) is 8.66. The molecule has 2 rings (SSSR count). The molecule has 0 bridgehead atoms. The lowest BCUT2D eigenvalue weighted by molar-refractivity contribution is -0.277. The van der Waals surface area contributed by atoms with Crippen LogP contribution in [0.25, 0.3) is 0 Å². The monoisotopic (exact) mass is 262 g/mol. The third-order valence-corrected chi connectivity index (χ3v) is 4.23. The van der Waals surface area contributed by atoms with Gasteiger partial charge in [-0.25, -0.2) is 4.39 Å². The Morgan fingerprint density at radius 3 is 2.22 bits per heavy atom. The molecule has 4 nitrogen and oxygen atoms in total. The highest BCUT2D eigenvalue weighted by molar-refractivity contribution is 4.88. The zero-order chi connectivity index (χ0) is 13.1. The van der Waals surface area contributed by atoms with Gasteiger partial charge in [0, 0.05) is 5.41 Å². The molecule has 2 fully saturated rings. The van der Waals surface area contributed by atoms with Crippen LogP contribution in [0.5, 0.6) is 0 Å². The molecule has 2 aliphatic heterocycles. The molecule has 2 saturated heterocycles. The van der Waals surface area contributed by atoms with Gasteiger partial charge in [-0.05, 0) is 12.8 Å². The predicted octanol–water partition coefficient (Wildman–Crippen LogP) is 2.13. The van der Waals surface area contributed by atoms with Crippen LogP contribution < -0.4 is 0 Å². The van der Waals surface area contributed by atoms with Gasteiger partial charge in [0.05, 0.1) is 38.4 Å². The molecular weight excluding hydrogens is 239 g/mol. The van der Waals surface area contributed by atoms with Crippen molar-refractivity contribution in [2.45, 2.75) is 33.0 Å². The van der Waals surface area contributed by atoms with E-state index in [0.717, 1.165) is 26.1 Å². The highest BCUT2D eigenvalue weighted by Gasteiger charge is 2.48. The molecule has 0 aliphatic carbocycles. The van der Waals surface area contributed by atoms with Crippen molar-refractivity contribution in [2.24, 2.45) is 10.8 Å². The first-order valence-corrected chi connectivity index (χ1v) is 6.65. The first-order valence-electron chi connectivity index (χ1n) is 6.65. The first kappa shape index (κ1) is 14.2. The van der Waals surface area contributed by atoms with Gasteiger partial charge in [0.2, 0.25) is 6.36 Å². The van der Waals surface area contributed by atoms with Gasteiger partial charge in [-0.3, -0.25) is 0 Å². The largest absolute Gasteiger partial charge is 0.380 e. The average molecular weight is 262 g/mol. The molecule has 0 aromatic heterocycles. The molecule has 0 amide bonds. The van der Waals surface area contributed by atoms with E-state index in [1.807, 2.05) is 6.92 Å². The second kappa shape index (κ2) is 5.82. The second-order valence-electron chi connectivity index (χ2n) is 5.50. The lowest BCUT2D eigenvalue weighted by Gasteiger charge is -2.43. The maximum Gasteiger partial charge on any atom is 0.208 e. The van der Waals surface area contributed by atoms with E-state index in [1.165, 1.54) is 0 Å². The van der Waals surface area contributed by atoms with E-state index in [4.69, 9.17) is 18.9 Å². The molecule has 0 radical (unpaired) electrons. The van der Waals surface area contributed by atoms with E-state index in [-0.39, 0.29) is 12.2 Å². The minimum absolute atomic E-state index is 0.175. The Bertz CT molecular complexity index is 260. The van der Waals surface area contributed by atoms with Gasteiger partial charge in [0.1, 0.15) is 6.79 Å². The predicted molar refractivity (Wildman–Crippen MR) is 63.9 cm³/mol. The molecule has 18 heavy (non-hydrogen) atoms. The van der Waals surface area contributed by atoms with Gasteiger partial charge in [0.25, 0.3) is 0 Å². The Labute approximate surface area is 108 Å². The fourth-order valence-electron chi connectivity index (χ4n) is 2.20. The minimum Gasteiger partial charge on any atom is -0.380 e. The number of hydrogen-bond acceptors (Lipinski definition) is 4. The number of hydrogen-bond donors (Lipinski definition) is 0. The van der Waals surface area contributed by atoms with E-state index >= 15 is 0 Å². The van der Waals surface area contributed by atoms with E-state index in [0.29, 0.717) is 19.8 Å². The average Bonchev–Trinajstić information content (AvgIpc) is 2.34. The number of rotatable bonds is 8. The molecule has 0 N–H and O–H groups in total. The van der Waals surface area contributed by atoms with Gasteiger partial charge in [0.15, 0.2) is 0 Å². The smallest absolute Gasteiger partial charge is 0.208 e. The zero-order valence-electron chi connectivity index (χ0n) is 11.2. The molecule has 106 valence electrons. The summed E-state index contributed by atoms with van der Waals surface area (Å²) >= 11 is 0. The molecule has 2 heterocycles. The maximum atomic E-state index is 13.3. The van der Waals surface area contributed by atoms with Gasteiger partial charge in [-0.1, -0.05) is 13.8 Å². The lowest BCUT2D eigenvalue weighted by atomic mass is 9.83. The SMILES string of the molecule is CCC1(COCOCC2(CC)COC2F)COC1. The molecule has 0 saturated carbocycles. The Hall–Kier alpha value is -0.230. The fourth-order valence-corrected chi connectivity index (χ4v) is 2.20. The van der Waals surface area contributed by atoms with E-state index in [9.17, 15) is 4.39 Å². The molecular formula is C13H23FO4. The minimum atomic E-state index is -1.19. The van der Waals surface area contributed by atoms with Crippen LogP contribution in [0.3, 0.4) is 0 Å². The topological polar surface area (TPSA) is 36.9 Å². The van der Waals surface area contributed by atoms with Crippen LogP contribution in [0, 0.1) is 10.8 Å². The van der Waals surface area contributed by atoms with Crippen LogP contribution in [0.2, 0.25) is 0 Å². The third kappa shape index (κ3) is 2.69. The Morgan fingerprint density at radius 2 is 1.83 bits per heavy atom. The Morgan fingerprint density at radius 1 is 1.11 bits per heavy atom. The second-order valence-corrected chi connectivity index (χ2v) is 5.50. The third-order valence-electron chi connectivity index (χ3n) is 4.23.